The first-order valence-corrected chi connectivity index (χ1v) is 5.21. The second-order valence-corrected chi connectivity index (χ2v) is 3.56. The second-order valence-electron chi connectivity index (χ2n) is 3.56. The van der Waals surface area contributed by atoms with Crippen molar-refractivity contribution in [2.24, 2.45) is 0 Å². The predicted molar refractivity (Wildman–Crippen MR) is 66.0 cm³/mol. The first-order valence-electron chi connectivity index (χ1n) is 5.21. The van der Waals surface area contributed by atoms with E-state index in [9.17, 15) is 0 Å². The highest BCUT2D eigenvalue weighted by Gasteiger charge is 2.11. The van der Waals surface area contributed by atoms with Gasteiger partial charge >= 0.3 is 0 Å². The fraction of sp³-hybridized carbons (Fsp3) is 0.0769. The molecule has 1 aromatic heterocycles. The molecule has 18 heavy (non-hydrogen) atoms. The summed E-state index contributed by atoms with van der Waals surface area (Å²) in [6.45, 7) is 0. The number of aromatic nitrogens is 2. The van der Waals surface area contributed by atoms with Crippen molar-refractivity contribution >= 4 is 11.5 Å². The van der Waals surface area contributed by atoms with Gasteiger partial charge < -0.3 is 4.90 Å². The van der Waals surface area contributed by atoms with Crippen LogP contribution in [-0.4, -0.2) is 17.0 Å². The van der Waals surface area contributed by atoms with Gasteiger partial charge in [-0.05, 0) is 18.2 Å². The number of rotatable bonds is 2. The summed E-state index contributed by atoms with van der Waals surface area (Å²) in [6.07, 6.45) is 3.00. The first kappa shape index (κ1) is 11.6. The molecule has 0 saturated heterocycles. The van der Waals surface area contributed by atoms with Gasteiger partial charge in [-0.15, -0.1) is 0 Å². The predicted octanol–water partition coefficient (Wildman–Crippen LogP) is 1.99. The lowest BCUT2D eigenvalue weighted by molar-refractivity contribution is 1.07. The Labute approximate surface area is 105 Å². The summed E-state index contributed by atoms with van der Waals surface area (Å²) in [5.41, 5.74) is 1.59. The van der Waals surface area contributed by atoms with Gasteiger partial charge in [0.2, 0.25) is 0 Å². The molecule has 0 aliphatic heterocycles. The fourth-order valence-corrected chi connectivity index (χ4v) is 1.56. The number of hydrogen-bond donors (Lipinski definition) is 0. The molecule has 0 aliphatic rings. The van der Waals surface area contributed by atoms with E-state index in [0.717, 1.165) is 5.69 Å². The highest BCUT2D eigenvalue weighted by molar-refractivity contribution is 5.64. The molecule has 5 heteroatoms. The average Bonchev–Trinajstić information content (AvgIpc) is 2.46. The molecule has 5 nitrogen and oxygen atoms in total. The van der Waals surface area contributed by atoms with Gasteiger partial charge in [-0.2, -0.15) is 10.5 Å². The van der Waals surface area contributed by atoms with Crippen molar-refractivity contribution in [2.45, 2.75) is 0 Å². The third-order valence-corrected chi connectivity index (χ3v) is 2.47. The highest BCUT2D eigenvalue weighted by atomic mass is 15.2. The molecular weight excluding hydrogens is 226 g/mol. The molecule has 0 radical (unpaired) electrons. The lowest BCUT2D eigenvalue weighted by atomic mass is 10.2. The quantitative estimate of drug-likeness (QED) is 0.795. The Morgan fingerprint density at radius 1 is 1.11 bits per heavy atom. The molecule has 0 aliphatic carbocycles. The minimum absolute atomic E-state index is 0.252. The number of anilines is 2. The van der Waals surface area contributed by atoms with Gasteiger partial charge in [0, 0.05) is 25.1 Å². The van der Waals surface area contributed by atoms with Crippen LogP contribution >= 0.6 is 0 Å². The fourth-order valence-electron chi connectivity index (χ4n) is 1.56. The summed E-state index contributed by atoms with van der Waals surface area (Å²) in [4.78, 5) is 9.82. The number of hydrogen-bond acceptors (Lipinski definition) is 5. The van der Waals surface area contributed by atoms with Crippen molar-refractivity contribution in [1.29, 1.82) is 10.5 Å². The lowest BCUT2D eigenvalue weighted by Gasteiger charge is -2.18. The molecule has 2 aromatic rings. The van der Waals surface area contributed by atoms with E-state index in [1.165, 1.54) is 12.4 Å². The van der Waals surface area contributed by atoms with E-state index in [-0.39, 0.29) is 5.69 Å². The normalized spacial score (nSPS) is 9.28. The molecule has 0 N–H and O–H groups in total. The Hall–Kier alpha value is -2.92. The van der Waals surface area contributed by atoms with Crippen LogP contribution in [0.15, 0.2) is 36.7 Å². The molecular formula is C13H9N5. The molecule has 0 atom stereocenters. The van der Waals surface area contributed by atoms with Crippen LogP contribution in [0.4, 0.5) is 11.5 Å². The van der Waals surface area contributed by atoms with Crippen molar-refractivity contribution in [2.75, 3.05) is 11.9 Å². The smallest absolute Gasteiger partial charge is 0.183 e. The van der Waals surface area contributed by atoms with Gasteiger partial charge in [0.05, 0.1) is 11.6 Å². The molecule has 2 rings (SSSR count). The van der Waals surface area contributed by atoms with E-state index in [2.05, 4.69) is 16.0 Å². The molecule has 86 valence electrons. The van der Waals surface area contributed by atoms with E-state index in [1.54, 1.807) is 30.1 Å². The zero-order valence-electron chi connectivity index (χ0n) is 9.70. The highest BCUT2D eigenvalue weighted by Crippen LogP contribution is 2.23. The largest absolute Gasteiger partial charge is 0.327 e. The van der Waals surface area contributed by atoms with Gasteiger partial charge in [-0.25, -0.2) is 9.97 Å². The minimum Gasteiger partial charge on any atom is -0.327 e. The van der Waals surface area contributed by atoms with E-state index >= 15 is 0 Å². The Balaban J connectivity index is 2.45. The Morgan fingerprint density at radius 3 is 2.61 bits per heavy atom. The molecule has 1 aromatic carbocycles. The maximum absolute atomic E-state index is 8.98. The van der Waals surface area contributed by atoms with Crippen LogP contribution in [-0.2, 0) is 0 Å². The second kappa shape index (κ2) is 4.94. The van der Waals surface area contributed by atoms with Crippen LogP contribution in [0.25, 0.3) is 0 Å². The number of nitrogens with zero attached hydrogens (tertiary/aromatic N) is 5. The molecule has 0 unspecified atom stereocenters. The van der Waals surface area contributed by atoms with Crippen molar-refractivity contribution in [1.82, 2.24) is 9.97 Å². The maximum Gasteiger partial charge on any atom is 0.183 e. The summed E-state index contributed by atoms with van der Waals surface area (Å²) in [5, 5.41) is 17.8. The SMILES string of the molecule is CN(c1cccc(C#N)c1)c1nccnc1C#N. The monoisotopic (exact) mass is 235 g/mol. The zero-order valence-corrected chi connectivity index (χ0v) is 9.70. The van der Waals surface area contributed by atoms with Crippen LogP contribution in [0.5, 0.6) is 0 Å². The van der Waals surface area contributed by atoms with Crippen LogP contribution in [0.1, 0.15) is 11.3 Å². The summed E-state index contributed by atoms with van der Waals surface area (Å²) < 4.78 is 0. The minimum atomic E-state index is 0.252. The maximum atomic E-state index is 8.98. The van der Waals surface area contributed by atoms with Gasteiger partial charge in [-0.1, -0.05) is 6.07 Å². The Morgan fingerprint density at radius 2 is 1.89 bits per heavy atom. The molecule has 0 saturated carbocycles. The van der Waals surface area contributed by atoms with Gasteiger partial charge in [0.1, 0.15) is 6.07 Å². The summed E-state index contributed by atoms with van der Waals surface area (Å²) in [6, 6.07) is 11.2. The molecule has 0 amide bonds. The van der Waals surface area contributed by atoms with Gasteiger partial charge in [0.25, 0.3) is 0 Å². The molecule has 0 bridgehead atoms. The van der Waals surface area contributed by atoms with Crippen molar-refractivity contribution in [3.05, 3.63) is 47.9 Å². The summed E-state index contributed by atoms with van der Waals surface area (Å²) >= 11 is 0. The average molecular weight is 235 g/mol. The van der Waals surface area contributed by atoms with E-state index in [1.807, 2.05) is 12.1 Å². The topological polar surface area (TPSA) is 76.6 Å². The van der Waals surface area contributed by atoms with E-state index in [0.29, 0.717) is 11.4 Å². The molecule has 1 heterocycles. The van der Waals surface area contributed by atoms with Gasteiger partial charge in [0.15, 0.2) is 11.5 Å². The third kappa shape index (κ3) is 2.11. The molecule has 0 fully saturated rings. The van der Waals surface area contributed by atoms with Crippen molar-refractivity contribution in [3.8, 4) is 12.1 Å². The first-order chi connectivity index (χ1) is 8.76. The van der Waals surface area contributed by atoms with Crippen LogP contribution in [0.3, 0.4) is 0 Å². The Kier molecular flexibility index (Phi) is 3.17. The van der Waals surface area contributed by atoms with Crippen LogP contribution in [0, 0.1) is 22.7 Å². The Bertz CT molecular complexity index is 651. The zero-order chi connectivity index (χ0) is 13.0. The number of nitriles is 2. The number of benzene rings is 1. The summed E-state index contributed by atoms with van der Waals surface area (Å²) in [5.74, 6) is 0.468. The van der Waals surface area contributed by atoms with Crippen LogP contribution in [0.2, 0.25) is 0 Å². The summed E-state index contributed by atoms with van der Waals surface area (Å²) in [7, 11) is 1.78. The standard InChI is InChI=1S/C13H9N5/c1-18(11-4-2-3-10(7-11)8-14)13-12(9-15)16-5-6-17-13/h2-7H,1H3. The van der Waals surface area contributed by atoms with Gasteiger partial charge in [-0.3, -0.25) is 0 Å². The van der Waals surface area contributed by atoms with Crippen molar-refractivity contribution in [3.63, 3.8) is 0 Å². The van der Waals surface area contributed by atoms with Crippen LogP contribution < -0.4 is 4.90 Å². The third-order valence-electron chi connectivity index (χ3n) is 2.47. The van der Waals surface area contributed by atoms with E-state index < -0.39 is 0 Å². The van der Waals surface area contributed by atoms with Crippen molar-refractivity contribution < 1.29 is 0 Å². The van der Waals surface area contributed by atoms with E-state index in [4.69, 9.17) is 10.5 Å². The molecule has 0 spiro atoms. The lowest BCUT2D eigenvalue weighted by Crippen LogP contribution is -2.13.